The van der Waals surface area contributed by atoms with Gasteiger partial charge in [-0.3, -0.25) is 9.59 Å². The average Bonchev–Trinajstić information content (AvgIpc) is 2.82. The first-order valence-corrected chi connectivity index (χ1v) is 10.0. The molecule has 0 unspecified atom stereocenters. The summed E-state index contributed by atoms with van der Waals surface area (Å²) in [4.78, 5) is 50.7. The van der Waals surface area contributed by atoms with E-state index < -0.39 is 11.9 Å². The first-order chi connectivity index (χ1) is 15.4. The smallest absolute Gasteiger partial charge is 0.331 e. The molecule has 8 nitrogen and oxygen atoms in total. The molecule has 0 heterocycles. The van der Waals surface area contributed by atoms with Gasteiger partial charge in [-0.2, -0.15) is 0 Å². The van der Waals surface area contributed by atoms with E-state index in [4.69, 9.17) is 9.47 Å². The zero-order valence-electron chi connectivity index (χ0n) is 18.1. The molecule has 0 saturated carbocycles. The lowest BCUT2D eigenvalue weighted by Crippen LogP contribution is -2.30. The van der Waals surface area contributed by atoms with E-state index in [1.165, 1.54) is 9.80 Å². The quantitative estimate of drug-likeness (QED) is 0.417. The van der Waals surface area contributed by atoms with Crippen molar-refractivity contribution >= 4 is 23.8 Å². The number of nitrogens with zero attached hydrogens (tertiary/aromatic N) is 2. The molecule has 0 aliphatic rings. The normalized spacial score (nSPS) is 10.4. The van der Waals surface area contributed by atoms with Crippen LogP contribution >= 0.6 is 0 Å². The van der Waals surface area contributed by atoms with Crippen molar-refractivity contribution < 1.29 is 28.7 Å². The Balaban J connectivity index is 1.64. The van der Waals surface area contributed by atoms with E-state index in [1.54, 1.807) is 62.6 Å². The minimum Gasteiger partial charge on any atom is -0.461 e. The SMILES string of the molecule is CN(CCOC(=O)/C=C/C(=O)OCCN(C)C(=O)c1ccccc1)C(=O)c1ccccc1. The highest BCUT2D eigenvalue weighted by Crippen LogP contribution is 2.04. The van der Waals surface area contributed by atoms with Gasteiger partial charge in [-0.1, -0.05) is 36.4 Å². The van der Waals surface area contributed by atoms with E-state index >= 15 is 0 Å². The number of amides is 2. The van der Waals surface area contributed by atoms with Crippen LogP contribution in [0.25, 0.3) is 0 Å². The van der Waals surface area contributed by atoms with E-state index in [1.807, 2.05) is 12.1 Å². The van der Waals surface area contributed by atoms with E-state index in [0.717, 1.165) is 12.2 Å². The summed E-state index contributed by atoms with van der Waals surface area (Å²) in [6, 6.07) is 17.5. The topological polar surface area (TPSA) is 93.2 Å². The van der Waals surface area contributed by atoms with Gasteiger partial charge in [0.25, 0.3) is 11.8 Å². The minimum atomic E-state index is -0.723. The molecule has 0 radical (unpaired) electrons. The number of esters is 2. The van der Waals surface area contributed by atoms with Crippen molar-refractivity contribution in [2.24, 2.45) is 0 Å². The van der Waals surface area contributed by atoms with Crippen molar-refractivity contribution in [1.29, 1.82) is 0 Å². The fourth-order valence-electron chi connectivity index (χ4n) is 2.60. The monoisotopic (exact) mass is 438 g/mol. The molecule has 0 fully saturated rings. The highest BCUT2D eigenvalue weighted by Gasteiger charge is 2.12. The van der Waals surface area contributed by atoms with Crippen molar-refractivity contribution in [2.75, 3.05) is 40.4 Å². The summed E-state index contributed by atoms with van der Waals surface area (Å²) in [5.41, 5.74) is 1.08. The summed E-state index contributed by atoms with van der Waals surface area (Å²) < 4.78 is 9.98. The van der Waals surface area contributed by atoms with E-state index in [-0.39, 0.29) is 38.1 Å². The summed E-state index contributed by atoms with van der Waals surface area (Å²) in [6.07, 6.45) is 1.92. The van der Waals surface area contributed by atoms with Gasteiger partial charge in [0.15, 0.2) is 0 Å². The third kappa shape index (κ3) is 8.06. The van der Waals surface area contributed by atoms with Crippen LogP contribution in [0, 0.1) is 0 Å². The standard InChI is InChI=1S/C24H26N2O6/c1-25(23(29)19-9-5-3-6-10-19)15-17-31-21(27)13-14-22(28)32-18-16-26(2)24(30)20-11-7-4-8-12-20/h3-14H,15-18H2,1-2H3/b14-13+. The molecular weight excluding hydrogens is 412 g/mol. The Hall–Kier alpha value is -3.94. The first kappa shape index (κ1) is 24.3. The Bertz CT molecular complexity index is 866. The van der Waals surface area contributed by atoms with E-state index in [9.17, 15) is 19.2 Å². The Morgan fingerprint density at radius 1 is 0.656 bits per heavy atom. The number of benzene rings is 2. The maximum Gasteiger partial charge on any atom is 0.331 e. The van der Waals surface area contributed by atoms with Gasteiger partial charge in [-0.15, -0.1) is 0 Å². The molecule has 2 aromatic carbocycles. The molecule has 0 aliphatic carbocycles. The lowest BCUT2D eigenvalue weighted by molar-refractivity contribution is -0.140. The lowest BCUT2D eigenvalue weighted by Gasteiger charge is -2.17. The molecule has 0 aromatic heterocycles. The van der Waals surface area contributed by atoms with Gasteiger partial charge < -0.3 is 19.3 Å². The third-order valence-electron chi connectivity index (χ3n) is 4.43. The van der Waals surface area contributed by atoms with Crippen LogP contribution in [0.2, 0.25) is 0 Å². The first-order valence-electron chi connectivity index (χ1n) is 10.0. The van der Waals surface area contributed by atoms with Crippen LogP contribution in [-0.2, 0) is 19.1 Å². The Morgan fingerprint density at radius 3 is 1.34 bits per heavy atom. The Labute approximate surface area is 187 Å². The number of rotatable bonds is 10. The highest BCUT2D eigenvalue weighted by atomic mass is 16.5. The summed E-state index contributed by atoms with van der Waals surface area (Å²) in [5.74, 6) is -1.81. The zero-order valence-corrected chi connectivity index (χ0v) is 18.1. The maximum atomic E-state index is 12.2. The summed E-state index contributed by atoms with van der Waals surface area (Å²) in [7, 11) is 3.21. The molecular formula is C24H26N2O6. The van der Waals surface area contributed by atoms with E-state index in [2.05, 4.69) is 0 Å². The lowest BCUT2D eigenvalue weighted by atomic mass is 10.2. The molecule has 2 aromatic rings. The molecule has 8 heteroatoms. The van der Waals surface area contributed by atoms with Gasteiger partial charge in [0.2, 0.25) is 0 Å². The molecule has 168 valence electrons. The predicted octanol–water partition coefficient (Wildman–Crippen LogP) is 2.17. The fourth-order valence-corrected chi connectivity index (χ4v) is 2.60. The highest BCUT2D eigenvalue weighted by molar-refractivity contribution is 5.94. The van der Waals surface area contributed by atoms with E-state index in [0.29, 0.717) is 11.1 Å². The molecule has 0 saturated heterocycles. The van der Waals surface area contributed by atoms with Crippen LogP contribution in [0.3, 0.4) is 0 Å². The summed E-state index contributed by atoms with van der Waals surface area (Å²) in [6.45, 7) is 0.387. The number of ether oxygens (including phenoxy) is 2. The van der Waals surface area contributed by atoms with Crippen LogP contribution in [0.15, 0.2) is 72.8 Å². The average molecular weight is 438 g/mol. The fraction of sp³-hybridized carbons (Fsp3) is 0.250. The second kappa shape index (κ2) is 12.7. The molecule has 2 rings (SSSR count). The second-order valence-electron chi connectivity index (χ2n) is 6.85. The summed E-state index contributed by atoms with van der Waals surface area (Å²) >= 11 is 0. The van der Waals surface area contributed by atoms with Gasteiger partial charge in [0.1, 0.15) is 13.2 Å². The zero-order chi connectivity index (χ0) is 23.3. The molecule has 2 amide bonds. The van der Waals surface area contributed by atoms with Crippen molar-refractivity contribution in [2.45, 2.75) is 0 Å². The predicted molar refractivity (Wildman–Crippen MR) is 118 cm³/mol. The molecule has 0 N–H and O–H groups in total. The van der Waals surface area contributed by atoms with Crippen molar-refractivity contribution in [3.05, 3.63) is 83.9 Å². The molecule has 32 heavy (non-hydrogen) atoms. The van der Waals surface area contributed by atoms with Gasteiger partial charge in [-0.25, -0.2) is 9.59 Å². The molecule has 0 bridgehead atoms. The minimum absolute atomic E-state index is 0.0142. The van der Waals surface area contributed by atoms with Crippen LogP contribution in [-0.4, -0.2) is 74.0 Å². The van der Waals surface area contributed by atoms with Gasteiger partial charge in [0, 0.05) is 37.4 Å². The Morgan fingerprint density at radius 2 is 1.00 bits per heavy atom. The number of carbonyl (C=O) groups excluding carboxylic acids is 4. The number of hydrogen-bond donors (Lipinski definition) is 0. The van der Waals surface area contributed by atoms with Crippen LogP contribution in [0.5, 0.6) is 0 Å². The Kier molecular flexibility index (Phi) is 9.65. The second-order valence-corrected chi connectivity index (χ2v) is 6.85. The van der Waals surface area contributed by atoms with Crippen molar-refractivity contribution in [3.63, 3.8) is 0 Å². The van der Waals surface area contributed by atoms with Crippen LogP contribution in [0.4, 0.5) is 0 Å². The molecule has 0 spiro atoms. The third-order valence-corrected chi connectivity index (χ3v) is 4.43. The van der Waals surface area contributed by atoms with Gasteiger partial charge >= 0.3 is 11.9 Å². The van der Waals surface area contributed by atoms with Crippen LogP contribution in [0.1, 0.15) is 20.7 Å². The van der Waals surface area contributed by atoms with Crippen molar-refractivity contribution in [1.82, 2.24) is 9.80 Å². The van der Waals surface area contributed by atoms with Crippen molar-refractivity contribution in [3.8, 4) is 0 Å². The molecule has 0 atom stereocenters. The number of hydrogen-bond acceptors (Lipinski definition) is 6. The maximum absolute atomic E-state index is 12.2. The van der Waals surface area contributed by atoms with Gasteiger partial charge in [0.05, 0.1) is 13.1 Å². The van der Waals surface area contributed by atoms with Crippen LogP contribution < -0.4 is 0 Å². The number of likely N-dealkylation sites (N-methyl/N-ethyl adjacent to an activating group) is 2. The number of carbonyl (C=O) groups is 4. The van der Waals surface area contributed by atoms with Gasteiger partial charge in [-0.05, 0) is 24.3 Å². The largest absolute Gasteiger partial charge is 0.461 e. The summed E-state index contributed by atoms with van der Waals surface area (Å²) in [5, 5.41) is 0. The molecule has 0 aliphatic heterocycles.